The normalized spacial score (nSPS) is 10.8. The Morgan fingerprint density at radius 2 is 1.92 bits per heavy atom. The van der Waals surface area contributed by atoms with E-state index in [2.05, 4.69) is 26.6 Å². The Hall–Kier alpha value is -2.78. The van der Waals surface area contributed by atoms with Gasteiger partial charge in [0.1, 0.15) is 17.4 Å². The van der Waals surface area contributed by atoms with Gasteiger partial charge in [0.2, 0.25) is 0 Å². The van der Waals surface area contributed by atoms with E-state index in [9.17, 15) is 9.90 Å². The zero-order chi connectivity index (χ0) is 17.4. The summed E-state index contributed by atoms with van der Waals surface area (Å²) in [6.07, 6.45) is 2.15. The number of hydrogen-bond donors (Lipinski definition) is 3. The fourth-order valence-corrected chi connectivity index (χ4v) is 2.22. The Bertz CT molecular complexity index is 780. The molecule has 5 nitrogen and oxygen atoms in total. The number of carbonyl (C=O) groups is 1. The molecule has 6 heteroatoms. The number of amides is 1. The van der Waals surface area contributed by atoms with Crippen molar-refractivity contribution in [1.29, 1.82) is 5.26 Å². The van der Waals surface area contributed by atoms with Gasteiger partial charge in [-0.25, -0.2) is 0 Å². The molecule has 0 saturated carbocycles. The molecule has 2 rings (SSSR count). The van der Waals surface area contributed by atoms with E-state index in [0.29, 0.717) is 6.54 Å². The van der Waals surface area contributed by atoms with Gasteiger partial charge in [-0.15, -0.1) is 0 Å². The molecule has 0 heterocycles. The standard InChI is InChI=1S/C18H16BrN3O2/c19-15-7-5-13(6-8-15)9-10-21-12-14(11-20)18(24)22-16-3-1-2-4-17(16)23/h1-8,12,21,23H,9-10H2,(H,22,24)/b14-12-. The molecule has 2 aromatic carbocycles. The summed E-state index contributed by atoms with van der Waals surface area (Å²) in [6, 6.07) is 16.1. The summed E-state index contributed by atoms with van der Waals surface area (Å²) in [5, 5.41) is 24.2. The third-order valence-electron chi connectivity index (χ3n) is 3.23. The lowest BCUT2D eigenvalue weighted by atomic mass is 10.1. The highest BCUT2D eigenvalue weighted by atomic mass is 79.9. The monoisotopic (exact) mass is 385 g/mol. The van der Waals surface area contributed by atoms with Crippen molar-refractivity contribution < 1.29 is 9.90 Å². The predicted octanol–water partition coefficient (Wildman–Crippen LogP) is 3.33. The van der Waals surface area contributed by atoms with Crippen molar-refractivity contribution in [2.24, 2.45) is 0 Å². The second-order valence-corrected chi connectivity index (χ2v) is 5.89. The number of nitriles is 1. The number of para-hydroxylation sites is 2. The molecule has 1 amide bonds. The van der Waals surface area contributed by atoms with Crippen molar-refractivity contribution in [2.45, 2.75) is 6.42 Å². The summed E-state index contributed by atoms with van der Waals surface area (Å²) in [6.45, 7) is 0.594. The number of hydrogen-bond acceptors (Lipinski definition) is 4. The first-order valence-electron chi connectivity index (χ1n) is 7.27. The van der Waals surface area contributed by atoms with Crippen molar-refractivity contribution in [3.05, 3.63) is 70.3 Å². The summed E-state index contributed by atoms with van der Waals surface area (Å²) in [5.74, 6) is -0.624. The van der Waals surface area contributed by atoms with Gasteiger partial charge in [0, 0.05) is 17.2 Å². The van der Waals surface area contributed by atoms with Gasteiger partial charge in [-0.3, -0.25) is 4.79 Å². The highest BCUT2D eigenvalue weighted by Crippen LogP contribution is 2.21. The lowest BCUT2D eigenvalue weighted by Gasteiger charge is -2.07. The maximum Gasteiger partial charge on any atom is 0.267 e. The largest absolute Gasteiger partial charge is 0.506 e. The minimum Gasteiger partial charge on any atom is -0.506 e. The van der Waals surface area contributed by atoms with Crippen LogP contribution in [0.3, 0.4) is 0 Å². The summed E-state index contributed by atoms with van der Waals surface area (Å²) in [4.78, 5) is 12.0. The Morgan fingerprint density at radius 1 is 1.21 bits per heavy atom. The first kappa shape index (κ1) is 17.6. The molecule has 0 fully saturated rings. The molecule has 0 aliphatic heterocycles. The molecule has 122 valence electrons. The quantitative estimate of drug-likeness (QED) is 0.308. The minimum absolute atomic E-state index is 0.0497. The molecule has 2 aromatic rings. The van der Waals surface area contributed by atoms with Gasteiger partial charge in [0.05, 0.1) is 5.69 Å². The smallest absolute Gasteiger partial charge is 0.267 e. The summed E-state index contributed by atoms with van der Waals surface area (Å²) in [7, 11) is 0. The van der Waals surface area contributed by atoms with Gasteiger partial charge in [0.15, 0.2) is 0 Å². The minimum atomic E-state index is -0.574. The molecule has 0 saturated heterocycles. The molecule has 0 atom stereocenters. The van der Waals surface area contributed by atoms with Gasteiger partial charge in [-0.05, 0) is 36.2 Å². The number of rotatable bonds is 6. The van der Waals surface area contributed by atoms with Gasteiger partial charge in [-0.2, -0.15) is 5.26 Å². The van der Waals surface area contributed by atoms with E-state index in [-0.39, 0.29) is 17.0 Å². The van der Waals surface area contributed by atoms with E-state index in [1.807, 2.05) is 30.3 Å². The van der Waals surface area contributed by atoms with Crippen LogP contribution in [0.25, 0.3) is 0 Å². The van der Waals surface area contributed by atoms with Crippen molar-refractivity contribution in [3.63, 3.8) is 0 Å². The average molecular weight is 386 g/mol. The second-order valence-electron chi connectivity index (χ2n) is 4.97. The van der Waals surface area contributed by atoms with E-state index in [0.717, 1.165) is 16.5 Å². The van der Waals surface area contributed by atoms with Gasteiger partial charge >= 0.3 is 0 Å². The molecule has 24 heavy (non-hydrogen) atoms. The highest BCUT2D eigenvalue weighted by molar-refractivity contribution is 9.10. The van der Waals surface area contributed by atoms with Crippen molar-refractivity contribution in [3.8, 4) is 11.8 Å². The van der Waals surface area contributed by atoms with E-state index >= 15 is 0 Å². The van der Waals surface area contributed by atoms with E-state index in [4.69, 9.17) is 5.26 Å². The fourth-order valence-electron chi connectivity index (χ4n) is 1.96. The number of phenolic OH excluding ortho intramolecular Hbond substituents is 1. The molecule has 0 aromatic heterocycles. The van der Waals surface area contributed by atoms with E-state index < -0.39 is 5.91 Å². The third kappa shape index (κ3) is 5.14. The van der Waals surface area contributed by atoms with Crippen molar-refractivity contribution >= 4 is 27.5 Å². The molecular weight excluding hydrogens is 370 g/mol. The fraction of sp³-hybridized carbons (Fsp3) is 0.111. The SMILES string of the molecule is N#C/C(=C/NCCc1ccc(Br)cc1)C(=O)Nc1ccccc1O. The molecule has 0 unspecified atom stereocenters. The topological polar surface area (TPSA) is 85.2 Å². The van der Waals surface area contributed by atoms with Gasteiger partial charge in [-0.1, -0.05) is 40.2 Å². The Kier molecular flexibility index (Phi) is 6.41. The predicted molar refractivity (Wildman–Crippen MR) is 96.3 cm³/mol. The van der Waals surface area contributed by atoms with Crippen molar-refractivity contribution in [2.75, 3.05) is 11.9 Å². The van der Waals surface area contributed by atoms with Crippen LogP contribution in [0.4, 0.5) is 5.69 Å². The maximum absolute atomic E-state index is 12.0. The number of anilines is 1. The van der Waals surface area contributed by atoms with Crippen LogP contribution in [0.1, 0.15) is 5.56 Å². The molecule has 0 aliphatic rings. The number of nitrogens with zero attached hydrogens (tertiary/aromatic N) is 1. The van der Waals surface area contributed by atoms with E-state index in [1.54, 1.807) is 18.2 Å². The summed E-state index contributed by atoms with van der Waals surface area (Å²) in [5.41, 5.74) is 1.35. The summed E-state index contributed by atoms with van der Waals surface area (Å²) < 4.78 is 1.02. The zero-order valence-electron chi connectivity index (χ0n) is 12.8. The second kappa shape index (κ2) is 8.75. The molecular formula is C18H16BrN3O2. The lowest BCUT2D eigenvalue weighted by molar-refractivity contribution is -0.112. The molecule has 3 N–H and O–H groups in total. The molecule has 0 radical (unpaired) electrons. The van der Waals surface area contributed by atoms with Crippen LogP contribution in [0.5, 0.6) is 5.75 Å². The van der Waals surface area contributed by atoms with Gasteiger partial charge in [0.25, 0.3) is 5.91 Å². The molecule has 0 bridgehead atoms. The van der Waals surface area contributed by atoms with Crippen molar-refractivity contribution in [1.82, 2.24) is 5.32 Å². The van der Waals surface area contributed by atoms with Crippen LogP contribution in [-0.2, 0) is 11.2 Å². The van der Waals surface area contributed by atoms with E-state index in [1.165, 1.54) is 12.3 Å². The number of carbonyl (C=O) groups excluding carboxylic acids is 1. The highest BCUT2D eigenvalue weighted by Gasteiger charge is 2.10. The van der Waals surface area contributed by atoms with Gasteiger partial charge < -0.3 is 15.7 Å². The first-order valence-corrected chi connectivity index (χ1v) is 8.07. The zero-order valence-corrected chi connectivity index (χ0v) is 14.4. The van der Waals surface area contributed by atoms with Crippen LogP contribution in [0.15, 0.2) is 64.8 Å². The maximum atomic E-state index is 12.0. The van der Waals surface area contributed by atoms with Crippen LogP contribution >= 0.6 is 15.9 Å². The van der Waals surface area contributed by atoms with Crippen LogP contribution in [0.2, 0.25) is 0 Å². The molecule has 0 spiro atoms. The number of phenols is 1. The Morgan fingerprint density at radius 3 is 2.58 bits per heavy atom. The number of aromatic hydroxyl groups is 1. The van der Waals surface area contributed by atoms with Crippen LogP contribution in [0, 0.1) is 11.3 Å². The third-order valence-corrected chi connectivity index (χ3v) is 3.76. The van der Waals surface area contributed by atoms with Crippen LogP contribution in [-0.4, -0.2) is 17.6 Å². The Balaban J connectivity index is 1.89. The number of nitrogens with one attached hydrogen (secondary N) is 2. The number of benzene rings is 2. The Labute approximate surface area is 148 Å². The molecule has 0 aliphatic carbocycles. The van der Waals surface area contributed by atoms with Crippen LogP contribution < -0.4 is 10.6 Å². The number of halogens is 1. The average Bonchev–Trinajstić information content (AvgIpc) is 2.58. The first-order chi connectivity index (χ1) is 11.6. The lowest BCUT2D eigenvalue weighted by Crippen LogP contribution is -2.18. The summed E-state index contributed by atoms with van der Waals surface area (Å²) >= 11 is 3.38.